The van der Waals surface area contributed by atoms with Gasteiger partial charge >= 0.3 is 0 Å². The maximum Gasteiger partial charge on any atom is 0.251 e. The molecule has 1 aromatic carbocycles. The van der Waals surface area contributed by atoms with Crippen molar-refractivity contribution in [2.75, 3.05) is 20.6 Å². The summed E-state index contributed by atoms with van der Waals surface area (Å²) < 4.78 is 1.92. The Hall–Kier alpha value is -1.61. The maximum absolute atomic E-state index is 12.2. The average Bonchev–Trinajstić information content (AvgIpc) is 2.33. The summed E-state index contributed by atoms with van der Waals surface area (Å²) in [5, 5.41) is 1.18. The monoisotopic (exact) mass is 258 g/mol. The molecule has 0 N–H and O–H groups in total. The quantitative estimate of drug-likeness (QED) is 0.842. The molecule has 1 heterocycles. The van der Waals surface area contributed by atoms with Gasteiger partial charge in [0.2, 0.25) is 0 Å². The van der Waals surface area contributed by atoms with E-state index in [0.29, 0.717) is 0 Å². The van der Waals surface area contributed by atoms with E-state index in [9.17, 15) is 4.79 Å². The Balaban J connectivity index is 2.50. The molecule has 0 amide bonds. The van der Waals surface area contributed by atoms with Crippen molar-refractivity contribution in [2.24, 2.45) is 0 Å². The summed E-state index contributed by atoms with van der Waals surface area (Å²) >= 11 is 0. The van der Waals surface area contributed by atoms with Gasteiger partial charge in [0.1, 0.15) is 0 Å². The zero-order valence-electron chi connectivity index (χ0n) is 12.2. The minimum atomic E-state index is 0.109. The Morgan fingerprint density at radius 2 is 1.89 bits per heavy atom. The third-order valence-corrected chi connectivity index (χ3v) is 3.53. The Morgan fingerprint density at radius 1 is 1.16 bits per heavy atom. The predicted octanol–water partition coefficient (Wildman–Crippen LogP) is 2.57. The summed E-state index contributed by atoms with van der Waals surface area (Å²) in [7, 11) is 4.11. The lowest BCUT2D eigenvalue weighted by Gasteiger charge is -2.15. The molecule has 0 saturated carbocycles. The predicted molar refractivity (Wildman–Crippen MR) is 80.9 cm³/mol. The van der Waals surface area contributed by atoms with Crippen LogP contribution in [0.3, 0.4) is 0 Å². The highest BCUT2D eigenvalue weighted by Crippen LogP contribution is 2.20. The van der Waals surface area contributed by atoms with Gasteiger partial charge in [-0.1, -0.05) is 18.2 Å². The number of aryl methyl sites for hydroxylation is 3. The second-order valence-electron chi connectivity index (χ2n) is 5.45. The van der Waals surface area contributed by atoms with Crippen molar-refractivity contribution in [3.8, 4) is 0 Å². The van der Waals surface area contributed by atoms with Crippen molar-refractivity contribution in [1.82, 2.24) is 9.47 Å². The molecule has 0 fully saturated rings. The number of nitrogens with zero attached hydrogens (tertiary/aromatic N) is 2. The Morgan fingerprint density at radius 3 is 2.58 bits per heavy atom. The summed E-state index contributed by atoms with van der Waals surface area (Å²) in [5.74, 6) is 0. The SMILES string of the molecule is Cc1cc(=O)n(CCCN(C)C)c2c(C)cccc12. The van der Waals surface area contributed by atoms with E-state index in [4.69, 9.17) is 0 Å². The Bertz CT molecular complexity index is 641. The molecule has 0 aliphatic heterocycles. The second-order valence-corrected chi connectivity index (χ2v) is 5.45. The van der Waals surface area contributed by atoms with Gasteiger partial charge < -0.3 is 9.47 Å². The largest absolute Gasteiger partial charge is 0.309 e. The van der Waals surface area contributed by atoms with Crippen LogP contribution in [-0.4, -0.2) is 30.1 Å². The van der Waals surface area contributed by atoms with E-state index >= 15 is 0 Å². The fraction of sp³-hybridized carbons (Fsp3) is 0.438. The summed E-state index contributed by atoms with van der Waals surface area (Å²) in [5.41, 5.74) is 3.43. The average molecular weight is 258 g/mol. The molecule has 0 spiro atoms. The van der Waals surface area contributed by atoms with Gasteiger partial charge in [0, 0.05) is 18.0 Å². The fourth-order valence-corrected chi connectivity index (χ4v) is 2.55. The van der Waals surface area contributed by atoms with Gasteiger partial charge in [-0.05, 0) is 52.0 Å². The first kappa shape index (κ1) is 13.8. The van der Waals surface area contributed by atoms with Crippen LogP contribution < -0.4 is 5.56 Å². The Kier molecular flexibility index (Phi) is 4.05. The van der Waals surface area contributed by atoms with Gasteiger partial charge in [0.05, 0.1) is 5.52 Å². The number of hydrogen-bond donors (Lipinski definition) is 0. The number of aromatic nitrogens is 1. The van der Waals surface area contributed by atoms with Crippen molar-refractivity contribution in [1.29, 1.82) is 0 Å². The number of benzene rings is 1. The second kappa shape index (κ2) is 5.57. The molecule has 0 saturated heterocycles. The highest BCUT2D eigenvalue weighted by atomic mass is 16.1. The molecule has 3 heteroatoms. The molecule has 0 radical (unpaired) electrons. The lowest BCUT2D eigenvalue weighted by molar-refractivity contribution is 0.386. The maximum atomic E-state index is 12.2. The molecule has 0 aliphatic rings. The standard InChI is InChI=1S/C16H22N2O/c1-12-7-5-8-14-13(2)11-15(19)18(16(12)14)10-6-9-17(3)4/h5,7-8,11H,6,9-10H2,1-4H3. The summed E-state index contributed by atoms with van der Waals surface area (Å²) in [6, 6.07) is 7.97. The highest BCUT2D eigenvalue weighted by Gasteiger charge is 2.08. The normalized spacial score (nSPS) is 11.4. The summed E-state index contributed by atoms with van der Waals surface area (Å²) in [4.78, 5) is 14.4. The Labute approximate surface area is 114 Å². The van der Waals surface area contributed by atoms with Crippen LogP contribution in [-0.2, 0) is 6.54 Å². The molecular formula is C16H22N2O. The molecule has 0 aliphatic carbocycles. The molecule has 102 valence electrons. The lowest BCUT2D eigenvalue weighted by atomic mass is 10.1. The lowest BCUT2D eigenvalue weighted by Crippen LogP contribution is -2.23. The van der Waals surface area contributed by atoms with Gasteiger partial charge in [-0.25, -0.2) is 0 Å². The summed E-state index contributed by atoms with van der Waals surface area (Å²) in [6.07, 6.45) is 0.986. The summed E-state index contributed by atoms with van der Waals surface area (Å²) in [6.45, 7) is 5.85. The molecule has 0 bridgehead atoms. The van der Waals surface area contributed by atoms with Gasteiger partial charge in [-0.15, -0.1) is 0 Å². The molecule has 3 nitrogen and oxygen atoms in total. The minimum absolute atomic E-state index is 0.109. The van der Waals surface area contributed by atoms with Crippen LogP contribution in [0.2, 0.25) is 0 Å². The first-order valence-electron chi connectivity index (χ1n) is 6.75. The van der Waals surface area contributed by atoms with E-state index in [-0.39, 0.29) is 5.56 Å². The van der Waals surface area contributed by atoms with Gasteiger partial charge in [0.25, 0.3) is 5.56 Å². The fourth-order valence-electron chi connectivity index (χ4n) is 2.55. The smallest absolute Gasteiger partial charge is 0.251 e. The molecule has 0 atom stereocenters. The number of pyridine rings is 1. The van der Waals surface area contributed by atoms with Crippen LogP contribution in [0.15, 0.2) is 29.1 Å². The van der Waals surface area contributed by atoms with Crippen LogP contribution in [0.4, 0.5) is 0 Å². The number of rotatable bonds is 4. The molecule has 19 heavy (non-hydrogen) atoms. The molecular weight excluding hydrogens is 236 g/mol. The van der Waals surface area contributed by atoms with E-state index in [2.05, 4.69) is 44.1 Å². The van der Waals surface area contributed by atoms with Crippen molar-refractivity contribution in [2.45, 2.75) is 26.8 Å². The van der Waals surface area contributed by atoms with Crippen molar-refractivity contribution in [3.63, 3.8) is 0 Å². The molecule has 2 rings (SSSR count). The van der Waals surface area contributed by atoms with E-state index in [1.807, 2.05) is 11.5 Å². The van der Waals surface area contributed by atoms with Crippen molar-refractivity contribution >= 4 is 10.9 Å². The number of para-hydroxylation sites is 1. The zero-order chi connectivity index (χ0) is 14.0. The first-order chi connectivity index (χ1) is 9.00. The van der Waals surface area contributed by atoms with E-state index in [1.54, 1.807) is 6.07 Å². The highest BCUT2D eigenvalue weighted by molar-refractivity contribution is 5.85. The van der Waals surface area contributed by atoms with Gasteiger partial charge in [-0.2, -0.15) is 0 Å². The molecule has 0 unspecified atom stereocenters. The van der Waals surface area contributed by atoms with Crippen LogP contribution in [0.5, 0.6) is 0 Å². The zero-order valence-corrected chi connectivity index (χ0v) is 12.2. The van der Waals surface area contributed by atoms with Gasteiger partial charge in [0.15, 0.2) is 0 Å². The topological polar surface area (TPSA) is 25.2 Å². The van der Waals surface area contributed by atoms with Crippen LogP contribution in [0.25, 0.3) is 10.9 Å². The minimum Gasteiger partial charge on any atom is -0.309 e. The first-order valence-corrected chi connectivity index (χ1v) is 6.75. The molecule has 2 aromatic rings. The van der Waals surface area contributed by atoms with Gasteiger partial charge in [-0.3, -0.25) is 4.79 Å². The van der Waals surface area contributed by atoms with E-state index < -0.39 is 0 Å². The third-order valence-electron chi connectivity index (χ3n) is 3.53. The third kappa shape index (κ3) is 2.87. The van der Waals surface area contributed by atoms with Crippen molar-refractivity contribution in [3.05, 3.63) is 45.7 Å². The molecule has 1 aromatic heterocycles. The number of hydrogen-bond acceptors (Lipinski definition) is 2. The van der Waals surface area contributed by atoms with E-state index in [1.165, 1.54) is 10.9 Å². The van der Waals surface area contributed by atoms with Crippen LogP contribution in [0, 0.1) is 13.8 Å². The van der Waals surface area contributed by atoms with Crippen molar-refractivity contribution < 1.29 is 0 Å². The van der Waals surface area contributed by atoms with Crippen LogP contribution in [0.1, 0.15) is 17.5 Å². The van der Waals surface area contributed by atoms with Crippen LogP contribution >= 0.6 is 0 Å². The number of fused-ring (bicyclic) bond motifs is 1. The van der Waals surface area contributed by atoms with E-state index in [0.717, 1.165) is 30.6 Å².